The summed E-state index contributed by atoms with van der Waals surface area (Å²) < 4.78 is 0. The van der Waals surface area contributed by atoms with Gasteiger partial charge in [-0.1, -0.05) is 36.4 Å². The van der Waals surface area contributed by atoms with Crippen molar-refractivity contribution in [2.24, 2.45) is 11.5 Å². The second-order valence-electron chi connectivity index (χ2n) is 9.97. The molecule has 10 N–H and O–H groups in total. The molecule has 0 spiro atoms. The molecule has 4 amide bonds. The lowest BCUT2D eigenvalue weighted by molar-refractivity contribution is -0.138. The number of nitrogens with two attached hydrogens (primary N) is 2. The first-order valence-electron chi connectivity index (χ1n) is 13.4. The van der Waals surface area contributed by atoms with E-state index >= 15 is 0 Å². The van der Waals surface area contributed by atoms with Crippen molar-refractivity contribution in [2.75, 3.05) is 6.54 Å². The van der Waals surface area contributed by atoms with Gasteiger partial charge in [0.2, 0.25) is 23.6 Å². The zero-order valence-electron chi connectivity index (χ0n) is 22.7. The molecule has 2 aromatic carbocycles. The zero-order valence-corrected chi connectivity index (χ0v) is 22.7. The number of H-pyrrole nitrogens is 2. The maximum atomic E-state index is 13.4. The van der Waals surface area contributed by atoms with Crippen molar-refractivity contribution in [3.63, 3.8) is 0 Å². The number of aromatic amines is 2. The summed E-state index contributed by atoms with van der Waals surface area (Å²) in [6.07, 6.45) is 3.32. The number of rotatable bonds is 14. The third kappa shape index (κ3) is 7.52. The van der Waals surface area contributed by atoms with E-state index < -0.39 is 54.3 Å². The van der Waals surface area contributed by atoms with Crippen molar-refractivity contribution in [3.8, 4) is 0 Å². The number of nitrogens with one attached hydrogen (secondary N) is 5. The number of primary amides is 1. The predicted molar refractivity (Wildman–Crippen MR) is 155 cm³/mol. The van der Waals surface area contributed by atoms with Gasteiger partial charge in [-0.3, -0.25) is 24.0 Å². The van der Waals surface area contributed by atoms with E-state index in [4.69, 9.17) is 16.6 Å². The highest BCUT2D eigenvalue weighted by Crippen LogP contribution is 2.20. The highest BCUT2D eigenvalue weighted by atomic mass is 16.4. The third-order valence-corrected chi connectivity index (χ3v) is 6.91. The van der Waals surface area contributed by atoms with Gasteiger partial charge in [-0.15, -0.1) is 0 Å². The van der Waals surface area contributed by atoms with Gasteiger partial charge in [0, 0.05) is 47.0 Å². The normalized spacial score (nSPS) is 13.3. The highest BCUT2D eigenvalue weighted by Gasteiger charge is 2.29. The molecule has 13 nitrogen and oxygen atoms in total. The van der Waals surface area contributed by atoms with Gasteiger partial charge in [-0.05, 0) is 36.1 Å². The van der Waals surface area contributed by atoms with Crippen LogP contribution in [0.4, 0.5) is 0 Å². The molecule has 0 saturated heterocycles. The van der Waals surface area contributed by atoms with Crippen molar-refractivity contribution in [1.82, 2.24) is 25.9 Å². The van der Waals surface area contributed by atoms with Crippen molar-refractivity contribution in [1.29, 1.82) is 0 Å². The van der Waals surface area contributed by atoms with Gasteiger partial charge in [0.15, 0.2) is 0 Å². The van der Waals surface area contributed by atoms with E-state index in [0.29, 0.717) is 5.56 Å². The molecule has 220 valence electrons. The zero-order chi connectivity index (χ0) is 30.2. The average molecular weight is 576 g/mol. The standard InChI is InChI=1S/C29H33N7O6/c30-20(11-16-13-32-21-7-3-1-5-18(16)21)27(40)35-23(9-10-25(31)37)29(42)36-24(28(41)34-15-26(38)39)12-17-14-33-22-8-4-2-6-19(17)22/h1-8,13-14,20,23-24,32-33H,9-12,15,30H2,(H2,31,37)(H,34,41)(H,35,40)(H,36,42)(H,38,39). The first kappa shape index (κ1) is 29.8. The Morgan fingerprint density at radius 3 is 1.88 bits per heavy atom. The molecular formula is C29H33N7O6. The Hall–Kier alpha value is -5.17. The minimum Gasteiger partial charge on any atom is -0.480 e. The number of hydrogen-bond acceptors (Lipinski definition) is 6. The first-order valence-corrected chi connectivity index (χ1v) is 13.4. The minimum absolute atomic E-state index is 0.0256. The van der Waals surface area contributed by atoms with Gasteiger partial charge in [0.05, 0.1) is 6.04 Å². The van der Waals surface area contributed by atoms with Crippen LogP contribution in [0.3, 0.4) is 0 Å². The maximum Gasteiger partial charge on any atom is 0.322 e. The average Bonchev–Trinajstić information content (AvgIpc) is 3.57. The molecule has 0 bridgehead atoms. The lowest BCUT2D eigenvalue weighted by Gasteiger charge is -2.24. The topological polar surface area (TPSA) is 225 Å². The molecule has 4 aromatic rings. The number of aliphatic carboxylic acids is 1. The van der Waals surface area contributed by atoms with Gasteiger partial charge >= 0.3 is 5.97 Å². The third-order valence-electron chi connectivity index (χ3n) is 6.91. The quantitative estimate of drug-likeness (QED) is 0.104. The SMILES string of the molecule is NC(=O)CCC(NC(=O)C(N)Cc1c[nH]c2ccccc12)C(=O)NC(Cc1c[nH]c2ccccc12)C(=O)NCC(=O)O. The fourth-order valence-electron chi connectivity index (χ4n) is 4.75. The largest absolute Gasteiger partial charge is 0.480 e. The van der Waals surface area contributed by atoms with Crippen LogP contribution < -0.4 is 27.4 Å². The van der Waals surface area contributed by atoms with Gasteiger partial charge in [-0.25, -0.2) is 0 Å². The summed E-state index contributed by atoms with van der Waals surface area (Å²) in [6.45, 7) is -0.649. The fourth-order valence-corrected chi connectivity index (χ4v) is 4.75. The second kappa shape index (κ2) is 13.5. The lowest BCUT2D eigenvalue weighted by Crippen LogP contribution is -2.56. The van der Waals surface area contributed by atoms with Crippen molar-refractivity contribution in [2.45, 2.75) is 43.8 Å². The monoisotopic (exact) mass is 575 g/mol. The van der Waals surface area contributed by atoms with E-state index in [9.17, 15) is 24.0 Å². The lowest BCUT2D eigenvalue weighted by atomic mass is 10.0. The van der Waals surface area contributed by atoms with E-state index in [1.807, 2.05) is 48.5 Å². The number of carboxylic acid groups (broad SMARTS) is 1. The molecular weight excluding hydrogens is 542 g/mol. The molecule has 0 aliphatic rings. The predicted octanol–water partition coefficient (Wildman–Crippen LogP) is 0.198. The Morgan fingerprint density at radius 1 is 0.762 bits per heavy atom. The Labute approximate surface area is 240 Å². The number of carbonyl (C=O) groups excluding carboxylic acids is 4. The minimum atomic E-state index is -1.25. The summed E-state index contributed by atoms with van der Waals surface area (Å²) in [4.78, 5) is 68.3. The summed E-state index contributed by atoms with van der Waals surface area (Å²) in [5.41, 5.74) is 14.7. The van der Waals surface area contributed by atoms with Crippen LogP contribution in [0.2, 0.25) is 0 Å². The molecule has 3 atom stereocenters. The van der Waals surface area contributed by atoms with E-state index in [1.54, 1.807) is 12.4 Å². The van der Waals surface area contributed by atoms with Crippen LogP contribution in [0.15, 0.2) is 60.9 Å². The number of para-hydroxylation sites is 2. The van der Waals surface area contributed by atoms with Crippen LogP contribution in [-0.2, 0) is 36.8 Å². The fraction of sp³-hybridized carbons (Fsp3) is 0.276. The Balaban J connectivity index is 1.50. The molecule has 0 aliphatic carbocycles. The number of fused-ring (bicyclic) bond motifs is 2. The molecule has 42 heavy (non-hydrogen) atoms. The maximum absolute atomic E-state index is 13.4. The van der Waals surface area contributed by atoms with Crippen LogP contribution in [0.25, 0.3) is 21.8 Å². The number of carbonyl (C=O) groups is 5. The van der Waals surface area contributed by atoms with Gasteiger partial charge in [-0.2, -0.15) is 0 Å². The highest BCUT2D eigenvalue weighted by molar-refractivity contribution is 5.95. The first-order chi connectivity index (χ1) is 20.1. The number of benzene rings is 2. The second-order valence-corrected chi connectivity index (χ2v) is 9.97. The Morgan fingerprint density at radius 2 is 1.31 bits per heavy atom. The van der Waals surface area contributed by atoms with Gasteiger partial charge in [0.1, 0.15) is 18.6 Å². The molecule has 13 heteroatoms. The number of amides is 4. The summed E-state index contributed by atoms with van der Waals surface area (Å²) in [5, 5.41) is 18.2. The van der Waals surface area contributed by atoms with Crippen LogP contribution in [-0.4, -0.2) is 69.3 Å². The van der Waals surface area contributed by atoms with Crippen LogP contribution in [0, 0.1) is 0 Å². The molecule has 2 aromatic heterocycles. The van der Waals surface area contributed by atoms with Gasteiger partial charge in [0.25, 0.3) is 0 Å². The molecule has 4 rings (SSSR count). The van der Waals surface area contributed by atoms with Crippen LogP contribution >= 0.6 is 0 Å². The van der Waals surface area contributed by atoms with E-state index in [0.717, 1.165) is 27.4 Å². The van der Waals surface area contributed by atoms with Crippen LogP contribution in [0.5, 0.6) is 0 Å². The number of carboxylic acids is 1. The smallest absolute Gasteiger partial charge is 0.322 e. The van der Waals surface area contributed by atoms with Crippen molar-refractivity contribution < 1.29 is 29.1 Å². The molecule has 3 unspecified atom stereocenters. The molecule has 0 radical (unpaired) electrons. The molecule has 0 fully saturated rings. The molecule has 2 heterocycles. The summed E-state index contributed by atoms with van der Waals surface area (Å²) in [6, 6.07) is 11.5. The number of aromatic nitrogens is 2. The van der Waals surface area contributed by atoms with Crippen LogP contribution in [0.1, 0.15) is 24.0 Å². The Kier molecular flexibility index (Phi) is 9.55. The Bertz CT molecular complexity index is 1610. The summed E-state index contributed by atoms with van der Waals surface area (Å²) in [5.74, 6) is -4.05. The summed E-state index contributed by atoms with van der Waals surface area (Å²) in [7, 11) is 0. The van der Waals surface area contributed by atoms with Crippen molar-refractivity contribution >= 4 is 51.4 Å². The van der Waals surface area contributed by atoms with E-state index in [-0.39, 0.29) is 25.7 Å². The van der Waals surface area contributed by atoms with E-state index in [2.05, 4.69) is 25.9 Å². The van der Waals surface area contributed by atoms with Gasteiger partial charge < -0.3 is 42.5 Å². The van der Waals surface area contributed by atoms with E-state index in [1.165, 1.54) is 0 Å². The van der Waals surface area contributed by atoms with Crippen molar-refractivity contribution in [3.05, 3.63) is 72.1 Å². The molecule has 0 aliphatic heterocycles. The number of hydrogen-bond donors (Lipinski definition) is 8. The summed E-state index contributed by atoms with van der Waals surface area (Å²) >= 11 is 0. The molecule has 0 saturated carbocycles.